The molecule has 0 aromatic heterocycles. The van der Waals surface area contributed by atoms with Gasteiger partial charge < -0.3 is 15.2 Å². The van der Waals surface area contributed by atoms with Crippen molar-refractivity contribution in [1.82, 2.24) is 5.32 Å². The lowest BCUT2D eigenvalue weighted by atomic mass is 9.83. The molecule has 2 N–H and O–H groups in total. The Morgan fingerprint density at radius 2 is 1.85 bits per heavy atom. The summed E-state index contributed by atoms with van der Waals surface area (Å²) in [5.74, 6) is -0.432. The molecular weight excluding hydrogens is 258 g/mol. The quantitative estimate of drug-likeness (QED) is 0.729. The predicted octanol–water partition coefficient (Wildman–Crippen LogP) is 1.77. The largest absolute Gasteiger partial charge is 0.461 e. The maximum atomic E-state index is 11.8. The zero-order valence-corrected chi connectivity index (χ0v) is 12.7. The monoisotopic (exact) mass is 285 g/mol. The Bertz CT molecular complexity index is 324. The highest BCUT2D eigenvalue weighted by Crippen LogP contribution is 2.28. The zero-order chi connectivity index (χ0) is 15.1. The van der Waals surface area contributed by atoms with Gasteiger partial charge in [-0.1, -0.05) is 32.1 Å². The molecule has 0 aliphatic heterocycles. The fraction of sp³-hybridized carbons (Fsp3) is 0.867. The average Bonchev–Trinajstić information content (AvgIpc) is 2.37. The highest BCUT2D eigenvalue weighted by atomic mass is 16.6. The molecule has 0 aromatic carbocycles. The second-order valence-corrected chi connectivity index (χ2v) is 5.98. The van der Waals surface area contributed by atoms with Gasteiger partial charge in [0, 0.05) is 6.92 Å². The van der Waals surface area contributed by atoms with E-state index in [1.54, 1.807) is 13.8 Å². The van der Waals surface area contributed by atoms with Gasteiger partial charge in [-0.15, -0.1) is 0 Å². The van der Waals surface area contributed by atoms with Crippen molar-refractivity contribution in [2.24, 2.45) is 5.92 Å². The molecule has 1 fully saturated rings. The van der Waals surface area contributed by atoms with Gasteiger partial charge in [-0.25, -0.2) is 4.79 Å². The predicted molar refractivity (Wildman–Crippen MR) is 76.0 cm³/mol. The van der Waals surface area contributed by atoms with E-state index >= 15 is 0 Å². The number of esters is 1. The van der Waals surface area contributed by atoms with Crippen molar-refractivity contribution in [2.45, 2.75) is 77.5 Å². The average molecular weight is 285 g/mol. The molecule has 1 amide bonds. The number of aliphatic hydroxyl groups excluding tert-OH is 1. The Labute approximate surface area is 121 Å². The highest BCUT2D eigenvalue weighted by Gasteiger charge is 2.31. The Balaban J connectivity index is 2.61. The fourth-order valence-corrected chi connectivity index (χ4v) is 2.78. The molecule has 0 aromatic rings. The molecule has 116 valence electrons. The van der Waals surface area contributed by atoms with Crippen LogP contribution in [0.25, 0.3) is 0 Å². The van der Waals surface area contributed by atoms with E-state index in [1.807, 2.05) is 0 Å². The lowest BCUT2D eigenvalue weighted by Crippen LogP contribution is -2.48. The van der Waals surface area contributed by atoms with E-state index in [4.69, 9.17) is 4.74 Å². The van der Waals surface area contributed by atoms with E-state index in [9.17, 15) is 14.7 Å². The number of amides is 1. The standard InChI is InChI=1S/C15H27NO4/c1-10(2)20-15(19)14(18)13(16-11(3)17)9-12-7-5-4-6-8-12/h10,12-14,18H,4-9H2,1-3H3,(H,16,17)/t13-,14?/m0/s1. The Morgan fingerprint density at radius 3 is 2.35 bits per heavy atom. The van der Waals surface area contributed by atoms with Gasteiger partial charge >= 0.3 is 5.97 Å². The number of hydrogen-bond donors (Lipinski definition) is 2. The number of rotatable bonds is 6. The van der Waals surface area contributed by atoms with E-state index in [0.29, 0.717) is 12.3 Å². The Kier molecular flexibility index (Phi) is 6.99. The molecule has 0 spiro atoms. The van der Waals surface area contributed by atoms with Gasteiger partial charge in [-0.2, -0.15) is 0 Å². The lowest BCUT2D eigenvalue weighted by Gasteiger charge is -2.29. The van der Waals surface area contributed by atoms with Gasteiger partial charge in [-0.3, -0.25) is 4.79 Å². The van der Waals surface area contributed by atoms with Crippen LogP contribution >= 0.6 is 0 Å². The molecule has 1 aliphatic rings. The summed E-state index contributed by atoms with van der Waals surface area (Å²) in [6.45, 7) is 4.87. The third-order valence-corrected chi connectivity index (χ3v) is 3.68. The first kappa shape index (κ1) is 17.0. The van der Waals surface area contributed by atoms with Crippen molar-refractivity contribution in [2.75, 3.05) is 0 Å². The van der Waals surface area contributed by atoms with Crippen molar-refractivity contribution in [3.63, 3.8) is 0 Å². The molecule has 2 atom stereocenters. The summed E-state index contributed by atoms with van der Waals surface area (Å²) in [7, 11) is 0. The van der Waals surface area contributed by atoms with E-state index in [-0.39, 0.29) is 12.0 Å². The minimum atomic E-state index is -1.29. The SMILES string of the molecule is CC(=O)N[C@@H](CC1CCCCC1)C(O)C(=O)OC(C)C. The lowest BCUT2D eigenvalue weighted by molar-refractivity contribution is -0.159. The molecule has 1 saturated carbocycles. The second-order valence-electron chi connectivity index (χ2n) is 5.98. The van der Waals surface area contributed by atoms with E-state index in [0.717, 1.165) is 12.8 Å². The summed E-state index contributed by atoms with van der Waals surface area (Å²) >= 11 is 0. The maximum Gasteiger partial charge on any atom is 0.337 e. The molecular formula is C15H27NO4. The number of carbonyl (C=O) groups excluding carboxylic acids is 2. The molecule has 1 unspecified atom stereocenters. The third-order valence-electron chi connectivity index (χ3n) is 3.68. The van der Waals surface area contributed by atoms with Crippen LogP contribution in [0.3, 0.4) is 0 Å². The number of ether oxygens (including phenoxy) is 1. The Hall–Kier alpha value is -1.10. The van der Waals surface area contributed by atoms with E-state index in [2.05, 4.69) is 5.32 Å². The summed E-state index contributed by atoms with van der Waals surface area (Å²) in [4.78, 5) is 23.1. The van der Waals surface area contributed by atoms with E-state index in [1.165, 1.54) is 26.2 Å². The van der Waals surface area contributed by atoms with Gasteiger partial charge in [0.1, 0.15) is 0 Å². The maximum absolute atomic E-state index is 11.8. The van der Waals surface area contributed by atoms with Crippen molar-refractivity contribution in [3.8, 4) is 0 Å². The van der Waals surface area contributed by atoms with Gasteiger partial charge in [0.15, 0.2) is 6.10 Å². The summed E-state index contributed by atoms with van der Waals surface area (Å²) in [5.41, 5.74) is 0. The fourth-order valence-electron chi connectivity index (χ4n) is 2.78. The topological polar surface area (TPSA) is 75.6 Å². The molecule has 0 heterocycles. The van der Waals surface area contributed by atoms with Crippen LogP contribution < -0.4 is 5.32 Å². The first-order chi connectivity index (χ1) is 9.40. The van der Waals surface area contributed by atoms with Gasteiger partial charge in [-0.05, 0) is 26.2 Å². The molecule has 1 rings (SSSR count). The molecule has 0 saturated heterocycles. The van der Waals surface area contributed by atoms with Crippen molar-refractivity contribution >= 4 is 11.9 Å². The van der Waals surface area contributed by atoms with Crippen molar-refractivity contribution in [3.05, 3.63) is 0 Å². The summed E-state index contributed by atoms with van der Waals surface area (Å²) in [5, 5.41) is 12.8. The van der Waals surface area contributed by atoms with Gasteiger partial charge in [0.2, 0.25) is 5.91 Å². The van der Waals surface area contributed by atoms with Crippen LogP contribution in [0.4, 0.5) is 0 Å². The van der Waals surface area contributed by atoms with Crippen molar-refractivity contribution in [1.29, 1.82) is 0 Å². The van der Waals surface area contributed by atoms with Crippen LogP contribution in [0, 0.1) is 5.92 Å². The van der Waals surface area contributed by atoms with Gasteiger partial charge in [0.05, 0.1) is 12.1 Å². The second kappa shape index (κ2) is 8.25. The molecule has 0 bridgehead atoms. The van der Waals surface area contributed by atoms with E-state index < -0.39 is 18.1 Å². The first-order valence-electron chi connectivity index (χ1n) is 7.55. The Morgan fingerprint density at radius 1 is 1.25 bits per heavy atom. The summed E-state index contributed by atoms with van der Waals surface area (Å²) < 4.78 is 5.02. The van der Waals surface area contributed by atoms with Gasteiger partial charge in [0.25, 0.3) is 0 Å². The van der Waals surface area contributed by atoms with Crippen LogP contribution in [0.2, 0.25) is 0 Å². The zero-order valence-electron chi connectivity index (χ0n) is 12.7. The van der Waals surface area contributed by atoms with Crippen LogP contribution in [0.5, 0.6) is 0 Å². The molecule has 5 heteroatoms. The molecule has 5 nitrogen and oxygen atoms in total. The molecule has 1 aliphatic carbocycles. The third kappa shape index (κ3) is 5.90. The summed E-state index contributed by atoms with van der Waals surface area (Å²) in [6.07, 6.45) is 4.89. The highest BCUT2D eigenvalue weighted by molar-refractivity contribution is 5.78. The molecule has 0 radical (unpaired) electrons. The smallest absolute Gasteiger partial charge is 0.337 e. The minimum Gasteiger partial charge on any atom is -0.461 e. The van der Waals surface area contributed by atoms with Crippen molar-refractivity contribution < 1.29 is 19.4 Å². The number of hydrogen-bond acceptors (Lipinski definition) is 4. The van der Waals surface area contributed by atoms with Crippen LogP contribution in [0.15, 0.2) is 0 Å². The van der Waals surface area contributed by atoms with Crippen LogP contribution in [-0.2, 0) is 14.3 Å². The van der Waals surface area contributed by atoms with Crippen LogP contribution in [0.1, 0.15) is 59.3 Å². The minimum absolute atomic E-state index is 0.234. The number of carbonyl (C=O) groups is 2. The normalized spacial score (nSPS) is 19.4. The summed E-state index contributed by atoms with van der Waals surface area (Å²) in [6, 6.07) is -0.554. The number of aliphatic hydroxyl groups is 1. The first-order valence-corrected chi connectivity index (χ1v) is 7.55. The van der Waals surface area contributed by atoms with Crippen LogP contribution in [-0.4, -0.2) is 35.2 Å². The number of nitrogens with one attached hydrogen (secondary N) is 1. The molecule has 20 heavy (non-hydrogen) atoms.